The van der Waals surface area contributed by atoms with Gasteiger partial charge in [-0.15, -0.1) is 0 Å². The standard InChI is InChI=1S/C26H19F4N3OS/c27-20-13-11-19(12-14-20)22-15-23(26(28,29)30)32-25(31-22)35-17-24(34)33(21-9-5-2-6-10-21)16-18-7-3-1-4-8-18/h1-15H,16-17H2. The molecule has 4 nitrogen and oxygen atoms in total. The third kappa shape index (κ3) is 6.45. The molecule has 0 saturated carbocycles. The highest BCUT2D eigenvalue weighted by atomic mass is 32.2. The normalized spacial score (nSPS) is 11.3. The van der Waals surface area contributed by atoms with Crippen molar-refractivity contribution in [2.45, 2.75) is 17.9 Å². The fourth-order valence-electron chi connectivity index (χ4n) is 3.31. The number of hydrogen-bond donors (Lipinski definition) is 0. The number of carbonyl (C=O) groups is 1. The zero-order valence-electron chi connectivity index (χ0n) is 18.2. The number of rotatable bonds is 7. The number of alkyl halides is 3. The molecule has 4 rings (SSSR count). The van der Waals surface area contributed by atoms with Gasteiger partial charge in [-0.05, 0) is 48.0 Å². The summed E-state index contributed by atoms with van der Waals surface area (Å²) in [5.74, 6) is -1.00. The number of nitrogens with zero attached hydrogens (tertiary/aromatic N) is 3. The van der Waals surface area contributed by atoms with E-state index in [1.165, 1.54) is 12.1 Å². The molecule has 1 amide bonds. The maximum Gasteiger partial charge on any atom is 0.433 e. The minimum atomic E-state index is -4.71. The van der Waals surface area contributed by atoms with E-state index in [2.05, 4.69) is 9.97 Å². The summed E-state index contributed by atoms with van der Waals surface area (Å²) in [7, 11) is 0. The molecule has 178 valence electrons. The number of amides is 1. The molecule has 35 heavy (non-hydrogen) atoms. The Kier molecular flexibility index (Phi) is 7.45. The van der Waals surface area contributed by atoms with Gasteiger partial charge in [0, 0.05) is 11.3 Å². The molecule has 0 fully saturated rings. The summed E-state index contributed by atoms with van der Waals surface area (Å²) in [6.07, 6.45) is -4.71. The molecule has 1 heterocycles. The van der Waals surface area contributed by atoms with Gasteiger partial charge < -0.3 is 4.90 Å². The van der Waals surface area contributed by atoms with Gasteiger partial charge in [-0.3, -0.25) is 4.79 Å². The molecule has 0 aliphatic rings. The molecule has 0 spiro atoms. The van der Waals surface area contributed by atoms with Crippen LogP contribution in [0.1, 0.15) is 11.3 Å². The van der Waals surface area contributed by atoms with Crippen LogP contribution in [0.2, 0.25) is 0 Å². The van der Waals surface area contributed by atoms with Crippen molar-refractivity contribution in [3.8, 4) is 11.3 Å². The first-order valence-corrected chi connectivity index (χ1v) is 11.5. The second kappa shape index (κ2) is 10.7. The highest BCUT2D eigenvalue weighted by Crippen LogP contribution is 2.32. The Balaban J connectivity index is 1.59. The zero-order valence-corrected chi connectivity index (χ0v) is 19.1. The summed E-state index contributed by atoms with van der Waals surface area (Å²) in [5.41, 5.74) is 0.738. The molecule has 9 heteroatoms. The Morgan fingerprint density at radius 3 is 2.11 bits per heavy atom. The third-order valence-corrected chi connectivity index (χ3v) is 5.85. The molecule has 0 aliphatic heterocycles. The van der Waals surface area contributed by atoms with Gasteiger partial charge in [-0.1, -0.05) is 60.3 Å². The Bertz CT molecular complexity index is 1280. The predicted octanol–water partition coefficient (Wildman–Crippen LogP) is 6.63. The maximum atomic E-state index is 13.5. The summed E-state index contributed by atoms with van der Waals surface area (Å²) in [5, 5.41) is -0.194. The minimum absolute atomic E-state index is 0.00789. The summed E-state index contributed by atoms with van der Waals surface area (Å²) in [4.78, 5) is 22.6. The van der Waals surface area contributed by atoms with E-state index in [1.54, 1.807) is 29.2 Å². The van der Waals surface area contributed by atoms with Gasteiger partial charge in [0.2, 0.25) is 5.91 Å². The molecule has 0 saturated heterocycles. The molecular weight excluding hydrogens is 478 g/mol. The van der Waals surface area contributed by atoms with Gasteiger partial charge >= 0.3 is 6.18 Å². The van der Waals surface area contributed by atoms with Crippen molar-refractivity contribution >= 4 is 23.4 Å². The molecule has 0 radical (unpaired) electrons. The Morgan fingerprint density at radius 1 is 0.857 bits per heavy atom. The molecule has 0 bridgehead atoms. The minimum Gasteiger partial charge on any atom is -0.307 e. The molecule has 4 aromatic rings. The highest BCUT2D eigenvalue weighted by Gasteiger charge is 2.34. The lowest BCUT2D eigenvalue weighted by molar-refractivity contribution is -0.141. The van der Waals surface area contributed by atoms with E-state index in [1.807, 2.05) is 36.4 Å². The Labute approximate surface area is 203 Å². The van der Waals surface area contributed by atoms with Crippen molar-refractivity contribution in [2.24, 2.45) is 0 Å². The first-order valence-electron chi connectivity index (χ1n) is 10.5. The van der Waals surface area contributed by atoms with Gasteiger partial charge in [0.05, 0.1) is 18.0 Å². The topological polar surface area (TPSA) is 46.1 Å². The highest BCUT2D eigenvalue weighted by molar-refractivity contribution is 7.99. The summed E-state index contributed by atoms with van der Waals surface area (Å²) >= 11 is 0.817. The number of carbonyl (C=O) groups excluding carboxylic acids is 1. The van der Waals surface area contributed by atoms with Crippen LogP contribution < -0.4 is 4.90 Å². The van der Waals surface area contributed by atoms with Crippen LogP contribution in [-0.2, 0) is 17.5 Å². The van der Waals surface area contributed by atoms with E-state index in [0.29, 0.717) is 17.8 Å². The van der Waals surface area contributed by atoms with Gasteiger partial charge in [-0.2, -0.15) is 13.2 Å². The van der Waals surface area contributed by atoms with Crippen LogP contribution in [0.15, 0.2) is 96.2 Å². The first-order chi connectivity index (χ1) is 16.8. The molecule has 0 unspecified atom stereocenters. The van der Waals surface area contributed by atoms with Crippen molar-refractivity contribution in [3.05, 3.63) is 108 Å². The lowest BCUT2D eigenvalue weighted by Gasteiger charge is -2.23. The van der Waals surface area contributed by atoms with Gasteiger partial charge in [0.1, 0.15) is 11.5 Å². The number of hydrogen-bond acceptors (Lipinski definition) is 4. The molecular formula is C26H19F4N3OS. The number of benzene rings is 3. The molecule has 0 N–H and O–H groups in total. The smallest absolute Gasteiger partial charge is 0.307 e. The van der Waals surface area contributed by atoms with E-state index in [0.717, 1.165) is 35.5 Å². The monoisotopic (exact) mass is 497 g/mol. The molecule has 1 aromatic heterocycles. The number of para-hydroxylation sites is 1. The van der Waals surface area contributed by atoms with Crippen molar-refractivity contribution in [2.75, 3.05) is 10.7 Å². The number of thioether (sulfide) groups is 1. The van der Waals surface area contributed by atoms with Gasteiger partial charge in [-0.25, -0.2) is 14.4 Å². The average Bonchev–Trinajstić information content (AvgIpc) is 2.87. The molecule has 3 aromatic carbocycles. The lowest BCUT2D eigenvalue weighted by atomic mass is 10.1. The SMILES string of the molecule is O=C(CSc1nc(-c2ccc(F)cc2)cc(C(F)(F)F)n1)N(Cc1ccccc1)c1ccccc1. The van der Waals surface area contributed by atoms with Crippen LogP contribution in [0.25, 0.3) is 11.3 Å². The van der Waals surface area contributed by atoms with Crippen LogP contribution in [-0.4, -0.2) is 21.6 Å². The fraction of sp³-hybridized carbons (Fsp3) is 0.115. The average molecular weight is 498 g/mol. The fourth-order valence-corrected chi connectivity index (χ4v) is 4.04. The van der Waals surface area contributed by atoms with Crippen molar-refractivity contribution in [3.63, 3.8) is 0 Å². The second-order valence-corrected chi connectivity index (χ2v) is 8.46. The van der Waals surface area contributed by atoms with E-state index in [9.17, 15) is 22.4 Å². The van der Waals surface area contributed by atoms with E-state index >= 15 is 0 Å². The summed E-state index contributed by atoms with van der Waals surface area (Å²) in [6, 6.07) is 24.2. The van der Waals surface area contributed by atoms with Crippen LogP contribution >= 0.6 is 11.8 Å². The van der Waals surface area contributed by atoms with E-state index < -0.39 is 17.7 Å². The molecule has 0 aliphatic carbocycles. The van der Waals surface area contributed by atoms with Gasteiger partial charge in [0.25, 0.3) is 0 Å². The van der Waals surface area contributed by atoms with E-state index in [-0.39, 0.29) is 22.5 Å². The van der Waals surface area contributed by atoms with Crippen LogP contribution in [0.4, 0.5) is 23.2 Å². The van der Waals surface area contributed by atoms with Crippen LogP contribution in [0.3, 0.4) is 0 Å². The van der Waals surface area contributed by atoms with Gasteiger partial charge in [0.15, 0.2) is 5.16 Å². The molecule has 0 atom stereocenters. The van der Waals surface area contributed by atoms with Crippen molar-refractivity contribution in [1.82, 2.24) is 9.97 Å². The largest absolute Gasteiger partial charge is 0.433 e. The predicted molar refractivity (Wildman–Crippen MR) is 127 cm³/mol. The summed E-state index contributed by atoms with van der Waals surface area (Å²) < 4.78 is 53.7. The zero-order chi connectivity index (χ0) is 24.8. The quantitative estimate of drug-likeness (QED) is 0.163. The van der Waals surface area contributed by atoms with Crippen molar-refractivity contribution in [1.29, 1.82) is 0 Å². The number of aromatic nitrogens is 2. The number of halogens is 4. The second-order valence-electron chi connectivity index (χ2n) is 7.52. The Morgan fingerprint density at radius 2 is 1.49 bits per heavy atom. The van der Waals surface area contributed by atoms with Crippen LogP contribution in [0, 0.1) is 5.82 Å². The summed E-state index contributed by atoms with van der Waals surface area (Å²) in [6.45, 7) is 0.300. The van der Waals surface area contributed by atoms with Crippen molar-refractivity contribution < 1.29 is 22.4 Å². The third-order valence-electron chi connectivity index (χ3n) is 5.01. The van der Waals surface area contributed by atoms with E-state index in [4.69, 9.17) is 0 Å². The first kappa shape index (κ1) is 24.4. The number of anilines is 1. The Hall–Kier alpha value is -3.72. The van der Waals surface area contributed by atoms with Crippen LogP contribution in [0.5, 0.6) is 0 Å². The lowest BCUT2D eigenvalue weighted by Crippen LogP contribution is -2.32. The maximum absolute atomic E-state index is 13.5.